The van der Waals surface area contributed by atoms with Gasteiger partial charge in [0.25, 0.3) is 5.91 Å². The molecule has 1 aromatic carbocycles. The second-order valence-electron chi connectivity index (χ2n) is 6.04. The third-order valence-electron chi connectivity index (χ3n) is 4.47. The van der Waals surface area contributed by atoms with Crippen molar-refractivity contribution in [1.29, 1.82) is 0 Å². The van der Waals surface area contributed by atoms with Crippen LogP contribution in [0.15, 0.2) is 36.7 Å². The number of ether oxygens (including phenoxy) is 1. The van der Waals surface area contributed by atoms with Gasteiger partial charge in [0.15, 0.2) is 0 Å². The fourth-order valence-corrected chi connectivity index (χ4v) is 3.22. The number of benzene rings is 1. The van der Waals surface area contributed by atoms with E-state index in [0.717, 1.165) is 31.6 Å². The highest BCUT2D eigenvalue weighted by molar-refractivity contribution is 5.94. The van der Waals surface area contributed by atoms with Crippen LogP contribution in [0.5, 0.6) is 5.75 Å². The predicted octanol–water partition coefficient (Wildman–Crippen LogP) is 3.19. The lowest BCUT2D eigenvalue weighted by Crippen LogP contribution is -2.34. The summed E-state index contributed by atoms with van der Waals surface area (Å²) in [5.74, 6) is 0.910. The Morgan fingerprint density at radius 2 is 2.00 bits per heavy atom. The number of methoxy groups -OCH3 is 1. The van der Waals surface area contributed by atoms with E-state index in [1.54, 1.807) is 24.2 Å². The number of aromatic nitrogens is 2. The Morgan fingerprint density at radius 1 is 1.22 bits per heavy atom. The first-order valence-electron chi connectivity index (χ1n) is 8.12. The number of nitrogens with zero attached hydrogens (tertiary/aromatic N) is 3. The van der Waals surface area contributed by atoms with Gasteiger partial charge in [-0.3, -0.25) is 9.48 Å². The van der Waals surface area contributed by atoms with Crippen molar-refractivity contribution in [2.45, 2.75) is 31.7 Å². The quantitative estimate of drug-likeness (QED) is 0.874. The molecule has 0 N–H and O–H groups in total. The summed E-state index contributed by atoms with van der Waals surface area (Å²) >= 11 is 0. The average Bonchev–Trinajstić information content (AvgIpc) is 2.87. The minimum Gasteiger partial charge on any atom is -0.497 e. The number of hydrogen-bond donors (Lipinski definition) is 0. The second-order valence-corrected chi connectivity index (χ2v) is 6.04. The van der Waals surface area contributed by atoms with Crippen molar-refractivity contribution in [2.24, 2.45) is 7.05 Å². The zero-order chi connectivity index (χ0) is 16.2. The maximum Gasteiger partial charge on any atom is 0.257 e. The van der Waals surface area contributed by atoms with Crippen LogP contribution in [-0.2, 0) is 7.05 Å². The van der Waals surface area contributed by atoms with E-state index in [9.17, 15) is 4.79 Å². The van der Waals surface area contributed by atoms with E-state index in [1.165, 1.54) is 12.0 Å². The number of carbonyl (C=O) groups is 1. The summed E-state index contributed by atoms with van der Waals surface area (Å²) in [4.78, 5) is 14.9. The molecule has 2 heterocycles. The van der Waals surface area contributed by atoms with Crippen molar-refractivity contribution < 1.29 is 9.53 Å². The minimum absolute atomic E-state index is 0.0702. The minimum atomic E-state index is 0.0702. The highest BCUT2D eigenvalue weighted by atomic mass is 16.5. The standard InChI is InChI=1S/C18H23N3O2/c1-20-13-15(12-19-20)18(22)21-11-5-3-4-6-17(21)14-7-9-16(23-2)10-8-14/h7-10,12-13,17H,3-6,11H2,1-2H3/t17-/m1/s1. The summed E-state index contributed by atoms with van der Waals surface area (Å²) < 4.78 is 6.91. The van der Waals surface area contributed by atoms with Crippen LogP contribution in [0.2, 0.25) is 0 Å². The zero-order valence-electron chi connectivity index (χ0n) is 13.7. The van der Waals surface area contributed by atoms with Gasteiger partial charge in [0.2, 0.25) is 0 Å². The third-order valence-corrected chi connectivity index (χ3v) is 4.47. The van der Waals surface area contributed by atoms with Gasteiger partial charge in [0.1, 0.15) is 5.75 Å². The van der Waals surface area contributed by atoms with E-state index in [4.69, 9.17) is 4.74 Å². The summed E-state index contributed by atoms with van der Waals surface area (Å²) in [5.41, 5.74) is 1.83. The van der Waals surface area contributed by atoms with Gasteiger partial charge in [-0.1, -0.05) is 25.0 Å². The molecular formula is C18H23N3O2. The van der Waals surface area contributed by atoms with Crippen molar-refractivity contribution in [3.8, 4) is 5.75 Å². The van der Waals surface area contributed by atoms with Crippen molar-refractivity contribution in [3.05, 3.63) is 47.8 Å². The Balaban J connectivity index is 1.88. The van der Waals surface area contributed by atoms with Crippen molar-refractivity contribution in [3.63, 3.8) is 0 Å². The fourth-order valence-electron chi connectivity index (χ4n) is 3.22. The molecular weight excluding hydrogens is 290 g/mol. The number of hydrogen-bond acceptors (Lipinski definition) is 3. The first kappa shape index (κ1) is 15.6. The molecule has 1 amide bonds. The highest BCUT2D eigenvalue weighted by Crippen LogP contribution is 2.32. The Bertz CT molecular complexity index is 663. The summed E-state index contributed by atoms with van der Waals surface area (Å²) in [6.07, 6.45) is 7.81. The first-order chi connectivity index (χ1) is 11.2. The molecule has 1 aliphatic rings. The summed E-state index contributed by atoms with van der Waals surface area (Å²) in [6, 6.07) is 8.19. The highest BCUT2D eigenvalue weighted by Gasteiger charge is 2.28. The average molecular weight is 313 g/mol. The molecule has 1 atom stereocenters. The first-order valence-corrected chi connectivity index (χ1v) is 8.12. The summed E-state index contributed by atoms with van der Waals surface area (Å²) in [5, 5.41) is 4.13. The maximum absolute atomic E-state index is 12.9. The van der Waals surface area contributed by atoms with Gasteiger partial charge in [-0.05, 0) is 30.5 Å². The van der Waals surface area contributed by atoms with E-state index in [-0.39, 0.29) is 11.9 Å². The molecule has 0 spiro atoms. The van der Waals surface area contributed by atoms with Gasteiger partial charge in [-0.15, -0.1) is 0 Å². The van der Waals surface area contributed by atoms with Crippen LogP contribution < -0.4 is 4.74 Å². The molecule has 0 radical (unpaired) electrons. The second kappa shape index (κ2) is 6.86. The molecule has 23 heavy (non-hydrogen) atoms. The number of rotatable bonds is 3. The van der Waals surface area contributed by atoms with Crippen molar-refractivity contribution >= 4 is 5.91 Å². The van der Waals surface area contributed by atoms with Crippen molar-refractivity contribution in [2.75, 3.05) is 13.7 Å². The molecule has 1 aliphatic heterocycles. The molecule has 0 aliphatic carbocycles. The number of aryl methyl sites for hydroxylation is 1. The van der Waals surface area contributed by atoms with Crippen LogP contribution in [-0.4, -0.2) is 34.2 Å². The largest absolute Gasteiger partial charge is 0.497 e. The topological polar surface area (TPSA) is 47.4 Å². The molecule has 122 valence electrons. The smallest absolute Gasteiger partial charge is 0.257 e. The van der Waals surface area contributed by atoms with Gasteiger partial charge < -0.3 is 9.64 Å². The molecule has 0 bridgehead atoms. The molecule has 2 aromatic rings. The van der Waals surface area contributed by atoms with E-state index in [2.05, 4.69) is 17.2 Å². The van der Waals surface area contributed by atoms with Gasteiger partial charge in [-0.25, -0.2) is 0 Å². The number of carbonyl (C=O) groups excluding carboxylic acids is 1. The Labute approximate surface area is 136 Å². The van der Waals surface area contributed by atoms with E-state index >= 15 is 0 Å². The molecule has 1 saturated heterocycles. The van der Waals surface area contributed by atoms with Gasteiger partial charge in [0, 0.05) is 19.8 Å². The van der Waals surface area contributed by atoms with E-state index < -0.39 is 0 Å². The Hall–Kier alpha value is -2.30. The van der Waals surface area contributed by atoms with E-state index in [0.29, 0.717) is 5.56 Å². The Morgan fingerprint density at radius 3 is 2.65 bits per heavy atom. The van der Waals surface area contributed by atoms with Gasteiger partial charge in [-0.2, -0.15) is 5.10 Å². The third kappa shape index (κ3) is 3.38. The summed E-state index contributed by atoms with van der Waals surface area (Å²) in [7, 11) is 3.50. The van der Waals surface area contributed by atoms with E-state index in [1.807, 2.05) is 24.1 Å². The van der Waals surface area contributed by atoms with Gasteiger partial charge >= 0.3 is 0 Å². The summed E-state index contributed by atoms with van der Waals surface area (Å²) in [6.45, 7) is 0.796. The Kier molecular flexibility index (Phi) is 4.65. The number of likely N-dealkylation sites (tertiary alicyclic amines) is 1. The molecule has 3 rings (SSSR count). The van der Waals surface area contributed by atoms with Crippen molar-refractivity contribution in [1.82, 2.24) is 14.7 Å². The lowest BCUT2D eigenvalue weighted by Gasteiger charge is -2.30. The lowest BCUT2D eigenvalue weighted by atomic mass is 10.00. The van der Waals surface area contributed by atoms with Crippen LogP contribution >= 0.6 is 0 Å². The lowest BCUT2D eigenvalue weighted by molar-refractivity contribution is 0.0681. The molecule has 0 saturated carbocycles. The molecule has 5 nitrogen and oxygen atoms in total. The molecule has 1 aromatic heterocycles. The SMILES string of the molecule is COc1ccc([C@H]2CCCCCN2C(=O)c2cnn(C)c2)cc1. The maximum atomic E-state index is 12.9. The van der Waals surface area contributed by atoms with Crippen LogP contribution in [0.4, 0.5) is 0 Å². The normalized spacial score (nSPS) is 18.5. The predicted molar refractivity (Wildman–Crippen MR) is 88.4 cm³/mol. The molecule has 1 fully saturated rings. The van der Waals surface area contributed by atoms with Crippen LogP contribution in [0, 0.1) is 0 Å². The van der Waals surface area contributed by atoms with Crippen LogP contribution in [0.25, 0.3) is 0 Å². The zero-order valence-corrected chi connectivity index (χ0v) is 13.7. The fraction of sp³-hybridized carbons (Fsp3) is 0.444. The van der Waals surface area contributed by atoms with Gasteiger partial charge in [0.05, 0.1) is 24.9 Å². The monoisotopic (exact) mass is 313 g/mol. The molecule has 5 heteroatoms. The van der Waals surface area contributed by atoms with Crippen LogP contribution in [0.1, 0.15) is 47.6 Å². The number of amides is 1. The molecule has 0 unspecified atom stereocenters. The van der Waals surface area contributed by atoms with Crippen LogP contribution in [0.3, 0.4) is 0 Å².